The monoisotopic (exact) mass is 95.0 g/mol. The summed E-state index contributed by atoms with van der Waals surface area (Å²) in [7, 11) is 0. The van der Waals surface area contributed by atoms with Crippen LogP contribution in [0, 0.1) is 0 Å². The van der Waals surface area contributed by atoms with E-state index in [-0.39, 0.29) is 0 Å². The molecule has 0 spiro atoms. The van der Waals surface area contributed by atoms with Gasteiger partial charge in [0.05, 0.1) is 6.54 Å². The maximum absolute atomic E-state index is 3.70. The van der Waals surface area contributed by atoms with Gasteiger partial charge in [0.25, 0.3) is 0 Å². The highest BCUT2D eigenvalue weighted by molar-refractivity contribution is 5.55. The fourth-order valence-corrected chi connectivity index (χ4v) is 0.307. The van der Waals surface area contributed by atoms with Crippen molar-refractivity contribution in [2.24, 2.45) is 15.2 Å². The van der Waals surface area contributed by atoms with Gasteiger partial charge in [-0.15, -0.1) is 5.11 Å². The van der Waals surface area contributed by atoms with Crippen molar-refractivity contribution in [2.45, 2.75) is 0 Å². The second-order valence-electron chi connectivity index (χ2n) is 1.09. The number of hydrogen-bond donors (Lipinski definition) is 0. The summed E-state index contributed by atoms with van der Waals surface area (Å²) in [5.74, 6) is 0. The summed E-state index contributed by atoms with van der Waals surface area (Å²) in [6, 6.07) is 0. The fraction of sp³-hybridized carbons (Fsp3) is 0.250. The Balaban J connectivity index is 2.60. The Hall–Kier alpha value is -0.990. The topological polar surface area (TPSA) is 37.1 Å². The Morgan fingerprint density at radius 2 is 2.43 bits per heavy atom. The minimum Gasteiger partial charge on any atom is -0.243 e. The van der Waals surface area contributed by atoms with Crippen molar-refractivity contribution in [3.8, 4) is 0 Å². The third-order valence-corrected chi connectivity index (χ3v) is 0.578. The molecule has 0 fully saturated rings. The predicted octanol–water partition coefficient (Wildman–Crippen LogP) is 0.994. The fourth-order valence-electron chi connectivity index (χ4n) is 0.307. The first-order valence-electron chi connectivity index (χ1n) is 2.03. The molecule has 0 saturated heterocycles. The summed E-state index contributed by atoms with van der Waals surface area (Å²) in [6.07, 6.45) is 4.94. The van der Waals surface area contributed by atoms with Gasteiger partial charge in [-0.1, -0.05) is 0 Å². The molecule has 3 nitrogen and oxygen atoms in total. The van der Waals surface area contributed by atoms with Crippen LogP contribution in [-0.4, -0.2) is 12.9 Å². The lowest BCUT2D eigenvalue weighted by Crippen LogP contribution is -1.62. The maximum Gasteiger partial charge on any atom is 0.137 e. The lowest BCUT2D eigenvalue weighted by Gasteiger charge is -1.68. The van der Waals surface area contributed by atoms with Crippen molar-refractivity contribution in [3.05, 3.63) is 12.3 Å². The molecular formula is C4H5N3. The zero-order valence-corrected chi connectivity index (χ0v) is 3.78. The summed E-state index contributed by atoms with van der Waals surface area (Å²) in [5.41, 5.74) is 0. The highest BCUT2D eigenvalue weighted by atomic mass is 15.1. The summed E-state index contributed by atoms with van der Waals surface area (Å²) in [5, 5.41) is 7.20. The molecule has 0 atom stereocenters. The van der Waals surface area contributed by atoms with Crippen LogP contribution in [0.15, 0.2) is 27.5 Å². The van der Waals surface area contributed by atoms with Crippen LogP contribution >= 0.6 is 0 Å². The molecule has 1 aliphatic heterocycles. The van der Waals surface area contributed by atoms with E-state index < -0.39 is 0 Å². The molecule has 1 rings (SSSR count). The Kier molecular flexibility index (Phi) is 1.33. The van der Waals surface area contributed by atoms with E-state index >= 15 is 0 Å². The molecule has 7 heavy (non-hydrogen) atoms. The van der Waals surface area contributed by atoms with Crippen LogP contribution in [0.1, 0.15) is 0 Å². The van der Waals surface area contributed by atoms with E-state index in [9.17, 15) is 0 Å². The van der Waals surface area contributed by atoms with Crippen molar-refractivity contribution >= 4 is 6.34 Å². The summed E-state index contributed by atoms with van der Waals surface area (Å²) < 4.78 is 0. The summed E-state index contributed by atoms with van der Waals surface area (Å²) in [6.45, 7) is 0.653. The zero-order valence-electron chi connectivity index (χ0n) is 3.78. The lowest BCUT2D eigenvalue weighted by molar-refractivity contribution is 1.11. The third-order valence-electron chi connectivity index (χ3n) is 0.578. The van der Waals surface area contributed by atoms with Crippen LogP contribution in [0.3, 0.4) is 0 Å². The molecule has 0 aliphatic carbocycles. The van der Waals surface area contributed by atoms with Crippen molar-refractivity contribution < 1.29 is 0 Å². The van der Waals surface area contributed by atoms with Crippen molar-refractivity contribution in [1.82, 2.24) is 0 Å². The largest absolute Gasteiger partial charge is 0.243 e. The molecule has 0 bridgehead atoms. The summed E-state index contributed by atoms with van der Waals surface area (Å²) >= 11 is 0. The Labute approximate surface area is 41.5 Å². The van der Waals surface area contributed by atoms with Crippen molar-refractivity contribution in [1.29, 1.82) is 0 Å². The maximum atomic E-state index is 3.70. The average molecular weight is 95.1 g/mol. The Morgan fingerprint density at radius 1 is 1.43 bits per heavy atom. The van der Waals surface area contributed by atoms with Gasteiger partial charge in [0.1, 0.15) is 6.34 Å². The van der Waals surface area contributed by atoms with Crippen LogP contribution in [0.5, 0.6) is 0 Å². The van der Waals surface area contributed by atoms with E-state index in [4.69, 9.17) is 0 Å². The van der Waals surface area contributed by atoms with E-state index in [1.54, 1.807) is 6.20 Å². The zero-order chi connectivity index (χ0) is 4.95. The quantitative estimate of drug-likeness (QED) is 0.430. The predicted molar refractivity (Wildman–Crippen MR) is 27.4 cm³/mol. The van der Waals surface area contributed by atoms with Crippen LogP contribution in [0.2, 0.25) is 0 Å². The van der Waals surface area contributed by atoms with E-state index in [1.807, 2.05) is 6.08 Å². The molecule has 3 heteroatoms. The molecule has 0 aromatic rings. The Bertz CT molecular complexity index is 109. The molecule has 0 N–H and O–H groups in total. The van der Waals surface area contributed by atoms with E-state index in [0.717, 1.165) is 0 Å². The molecule has 0 saturated carbocycles. The number of azo groups is 1. The van der Waals surface area contributed by atoms with Gasteiger partial charge in [-0.3, -0.25) is 0 Å². The second-order valence-corrected chi connectivity index (χ2v) is 1.09. The van der Waals surface area contributed by atoms with Gasteiger partial charge in [0, 0.05) is 6.20 Å². The smallest absolute Gasteiger partial charge is 0.137 e. The summed E-state index contributed by atoms with van der Waals surface area (Å²) in [4.78, 5) is 3.70. The SMILES string of the molecule is C1=CN=CN=NC1. The van der Waals surface area contributed by atoms with Crippen LogP contribution in [-0.2, 0) is 0 Å². The number of hydrogen-bond acceptors (Lipinski definition) is 3. The molecule has 0 unspecified atom stereocenters. The molecule has 0 radical (unpaired) electrons. The molecule has 1 heterocycles. The van der Waals surface area contributed by atoms with Crippen molar-refractivity contribution in [3.63, 3.8) is 0 Å². The van der Waals surface area contributed by atoms with Gasteiger partial charge in [-0.05, 0) is 6.08 Å². The van der Waals surface area contributed by atoms with Gasteiger partial charge in [0.15, 0.2) is 0 Å². The molecule has 0 amide bonds. The molecule has 0 aromatic heterocycles. The first-order chi connectivity index (χ1) is 3.50. The standard InChI is InChI=1S/C4H5N3/c1-2-5-4-7-6-3-1/h1-2,4H,3H2. The van der Waals surface area contributed by atoms with Gasteiger partial charge < -0.3 is 0 Å². The first kappa shape index (κ1) is 4.18. The van der Waals surface area contributed by atoms with E-state index in [2.05, 4.69) is 15.2 Å². The van der Waals surface area contributed by atoms with E-state index in [0.29, 0.717) is 6.54 Å². The van der Waals surface area contributed by atoms with E-state index in [1.165, 1.54) is 6.34 Å². The second kappa shape index (κ2) is 2.23. The average Bonchev–Trinajstić information content (AvgIpc) is 1.90. The third kappa shape index (κ3) is 1.26. The van der Waals surface area contributed by atoms with Gasteiger partial charge in [-0.25, -0.2) is 4.99 Å². The molecule has 1 aliphatic rings. The van der Waals surface area contributed by atoms with Crippen LogP contribution in [0.25, 0.3) is 0 Å². The Morgan fingerprint density at radius 3 is 3.43 bits per heavy atom. The number of aliphatic imine (C=N–C) groups is 1. The number of nitrogens with zero attached hydrogens (tertiary/aromatic N) is 3. The van der Waals surface area contributed by atoms with Crippen LogP contribution < -0.4 is 0 Å². The minimum absolute atomic E-state index is 0.653. The normalized spacial score (nSPS) is 17.1. The highest BCUT2D eigenvalue weighted by Gasteiger charge is 1.72. The van der Waals surface area contributed by atoms with Gasteiger partial charge in [0.2, 0.25) is 0 Å². The van der Waals surface area contributed by atoms with Gasteiger partial charge >= 0.3 is 0 Å². The highest BCUT2D eigenvalue weighted by Crippen LogP contribution is 1.82. The van der Waals surface area contributed by atoms with Crippen molar-refractivity contribution in [2.75, 3.05) is 6.54 Å². The first-order valence-corrected chi connectivity index (χ1v) is 2.03. The van der Waals surface area contributed by atoms with Crippen LogP contribution in [0.4, 0.5) is 0 Å². The number of rotatable bonds is 0. The molecule has 36 valence electrons. The minimum atomic E-state index is 0.653. The van der Waals surface area contributed by atoms with Gasteiger partial charge in [-0.2, -0.15) is 5.11 Å². The molecule has 0 aromatic carbocycles. The lowest BCUT2D eigenvalue weighted by atomic mass is 10.6. The molecular weight excluding hydrogens is 90.1 g/mol.